The van der Waals surface area contributed by atoms with Gasteiger partial charge in [0.1, 0.15) is 0 Å². The summed E-state index contributed by atoms with van der Waals surface area (Å²) in [4.78, 5) is 14.3. The van der Waals surface area contributed by atoms with E-state index in [-0.39, 0.29) is 11.9 Å². The molecule has 1 unspecified atom stereocenters. The summed E-state index contributed by atoms with van der Waals surface area (Å²) < 4.78 is 0. The van der Waals surface area contributed by atoms with Crippen LogP contribution in [-0.4, -0.2) is 37.0 Å². The van der Waals surface area contributed by atoms with E-state index in [1.54, 1.807) is 23.1 Å². The molecule has 104 valence electrons. The number of halogens is 2. The van der Waals surface area contributed by atoms with E-state index in [0.717, 1.165) is 32.4 Å². The highest BCUT2D eigenvalue weighted by molar-refractivity contribution is 6.35. The van der Waals surface area contributed by atoms with Crippen LogP contribution in [0.4, 0.5) is 0 Å². The zero-order valence-electron chi connectivity index (χ0n) is 11.0. The molecule has 19 heavy (non-hydrogen) atoms. The average Bonchev–Trinajstić information content (AvgIpc) is 2.69. The first kappa shape index (κ1) is 14.6. The van der Waals surface area contributed by atoms with Gasteiger partial charge in [0, 0.05) is 18.1 Å². The summed E-state index contributed by atoms with van der Waals surface area (Å²) in [6.07, 6.45) is 3.08. The predicted molar refractivity (Wildman–Crippen MR) is 79.1 cm³/mol. The van der Waals surface area contributed by atoms with Crippen LogP contribution in [-0.2, 0) is 0 Å². The minimum absolute atomic E-state index is 0.0561. The van der Waals surface area contributed by atoms with E-state index in [4.69, 9.17) is 23.2 Å². The zero-order valence-corrected chi connectivity index (χ0v) is 12.5. The summed E-state index contributed by atoms with van der Waals surface area (Å²) in [5.74, 6) is -0.0561. The second kappa shape index (κ2) is 6.60. The molecule has 1 heterocycles. The van der Waals surface area contributed by atoms with E-state index in [1.165, 1.54) is 0 Å². The lowest BCUT2D eigenvalue weighted by atomic mass is 10.1. The van der Waals surface area contributed by atoms with Gasteiger partial charge in [0.25, 0.3) is 5.91 Å². The Morgan fingerprint density at radius 3 is 2.89 bits per heavy atom. The van der Waals surface area contributed by atoms with E-state index in [2.05, 4.69) is 5.32 Å². The average molecular weight is 301 g/mol. The summed E-state index contributed by atoms with van der Waals surface area (Å²) in [5, 5.41) is 4.33. The molecule has 0 saturated carbocycles. The number of carbonyl (C=O) groups excluding carboxylic acids is 1. The quantitative estimate of drug-likeness (QED) is 0.909. The van der Waals surface area contributed by atoms with E-state index in [0.29, 0.717) is 15.6 Å². The van der Waals surface area contributed by atoms with Crippen molar-refractivity contribution >= 4 is 29.1 Å². The molecule has 0 aromatic heterocycles. The minimum Gasteiger partial charge on any atom is -0.339 e. The first-order chi connectivity index (χ1) is 9.09. The van der Waals surface area contributed by atoms with Gasteiger partial charge in [-0.3, -0.25) is 4.79 Å². The molecule has 3 nitrogen and oxygen atoms in total. The van der Waals surface area contributed by atoms with Crippen LogP contribution in [0.15, 0.2) is 18.2 Å². The van der Waals surface area contributed by atoms with Crippen LogP contribution in [0.1, 0.15) is 29.6 Å². The van der Waals surface area contributed by atoms with Gasteiger partial charge in [0.05, 0.1) is 10.6 Å². The molecule has 0 spiro atoms. The van der Waals surface area contributed by atoms with Crippen LogP contribution in [0.3, 0.4) is 0 Å². The second-order valence-electron chi connectivity index (χ2n) is 4.87. The Labute approximate surface area is 123 Å². The van der Waals surface area contributed by atoms with Crippen LogP contribution >= 0.6 is 23.2 Å². The van der Waals surface area contributed by atoms with Crippen LogP contribution in [0.5, 0.6) is 0 Å². The predicted octanol–water partition coefficient (Wildman–Crippen LogP) is 3.21. The Bertz CT molecular complexity index is 457. The Morgan fingerprint density at radius 2 is 2.11 bits per heavy atom. The number of amides is 1. The summed E-state index contributed by atoms with van der Waals surface area (Å²) in [5.41, 5.74) is 0.480. The van der Waals surface area contributed by atoms with Crippen LogP contribution < -0.4 is 5.32 Å². The third-order valence-corrected chi connectivity index (χ3v) is 4.14. The maximum atomic E-state index is 12.5. The van der Waals surface area contributed by atoms with Gasteiger partial charge < -0.3 is 10.2 Å². The first-order valence-corrected chi connectivity index (χ1v) is 7.28. The van der Waals surface area contributed by atoms with Gasteiger partial charge in [-0.2, -0.15) is 0 Å². The smallest absolute Gasteiger partial charge is 0.255 e. The molecule has 0 aliphatic carbocycles. The Morgan fingerprint density at radius 1 is 1.32 bits per heavy atom. The fourth-order valence-electron chi connectivity index (χ4n) is 2.41. The van der Waals surface area contributed by atoms with Gasteiger partial charge in [-0.25, -0.2) is 0 Å². The molecule has 1 saturated heterocycles. The molecule has 1 aromatic rings. The molecule has 0 bridgehead atoms. The highest BCUT2D eigenvalue weighted by atomic mass is 35.5. The van der Waals surface area contributed by atoms with E-state index in [9.17, 15) is 4.79 Å². The summed E-state index contributed by atoms with van der Waals surface area (Å²) in [7, 11) is 1.84. The maximum Gasteiger partial charge on any atom is 0.255 e. The number of hydrogen-bond donors (Lipinski definition) is 1. The van der Waals surface area contributed by atoms with Crippen LogP contribution in [0, 0.1) is 0 Å². The van der Waals surface area contributed by atoms with E-state index in [1.807, 2.05) is 7.05 Å². The normalized spacial score (nSPS) is 19.8. The van der Waals surface area contributed by atoms with Gasteiger partial charge >= 0.3 is 0 Å². The molecule has 1 aromatic carbocycles. The molecule has 1 amide bonds. The topological polar surface area (TPSA) is 32.3 Å². The molecule has 1 aliphatic heterocycles. The number of rotatable bonds is 2. The van der Waals surface area contributed by atoms with E-state index < -0.39 is 0 Å². The Balaban J connectivity index is 2.15. The number of nitrogens with one attached hydrogen (secondary N) is 1. The van der Waals surface area contributed by atoms with Crippen molar-refractivity contribution in [2.24, 2.45) is 0 Å². The van der Waals surface area contributed by atoms with Crippen molar-refractivity contribution in [3.8, 4) is 0 Å². The number of hydrogen-bond acceptors (Lipinski definition) is 2. The SMILES string of the molecule is CN(C(=O)c1cc(Cl)ccc1Cl)C1CCCNCC1. The Kier molecular flexibility index (Phi) is 5.08. The van der Waals surface area contributed by atoms with Crippen molar-refractivity contribution in [2.75, 3.05) is 20.1 Å². The summed E-state index contributed by atoms with van der Waals surface area (Å²) in [6, 6.07) is 5.26. The maximum absolute atomic E-state index is 12.5. The molecule has 5 heteroatoms. The lowest BCUT2D eigenvalue weighted by Gasteiger charge is -2.27. The lowest BCUT2D eigenvalue weighted by Crippen LogP contribution is -2.37. The number of nitrogens with zero attached hydrogens (tertiary/aromatic N) is 1. The third kappa shape index (κ3) is 3.62. The van der Waals surface area contributed by atoms with Crippen LogP contribution in [0.25, 0.3) is 0 Å². The molecular formula is C14H18Cl2N2O. The fraction of sp³-hybridized carbons (Fsp3) is 0.500. The molecule has 1 N–H and O–H groups in total. The lowest BCUT2D eigenvalue weighted by molar-refractivity contribution is 0.0720. The first-order valence-electron chi connectivity index (χ1n) is 6.52. The van der Waals surface area contributed by atoms with Crippen molar-refractivity contribution in [2.45, 2.75) is 25.3 Å². The summed E-state index contributed by atoms with van der Waals surface area (Å²) >= 11 is 12.0. The minimum atomic E-state index is -0.0561. The number of carbonyl (C=O) groups is 1. The standard InChI is InChI=1S/C14H18Cl2N2O/c1-18(11-3-2-7-17-8-6-11)14(19)12-9-10(15)4-5-13(12)16/h4-5,9,11,17H,2-3,6-8H2,1H3. The Hall–Kier alpha value is -0.770. The molecule has 1 fully saturated rings. The van der Waals surface area contributed by atoms with Gasteiger partial charge in [-0.05, 0) is 50.6 Å². The molecule has 1 atom stereocenters. The van der Waals surface area contributed by atoms with Crippen LogP contribution in [0.2, 0.25) is 10.0 Å². The molecule has 0 radical (unpaired) electrons. The third-order valence-electron chi connectivity index (χ3n) is 3.57. The van der Waals surface area contributed by atoms with Crippen molar-refractivity contribution in [3.05, 3.63) is 33.8 Å². The monoisotopic (exact) mass is 300 g/mol. The largest absolute Gasteiger partial charge is 0.339 e. The second-order valence-corrected chi connectivity index (χ2v) is 5.72. The van der Waals surface area contributed by atoms with Gasteiger partial charge in [-0.1, -0.05) is 23.2 Å². The van der Waals surface area contributed by atoms with Crippen molar-refractivity contribution in [3.63, 3.8) is 0 Å². The summed E-state index contributed by atoms with van der Waals surface area (Å²) in [6.45, 7) is 1.97. The van der Waals surface area contributed by atoms with Crippen molar-refractivity contribution < 1.29 is 4.79 Å². The van der Waals surface area contributed by atoms with E-state index >= 15 is 0 Å². The highest BCUT2D eigenvalue weighted by Gasteiger charge is 2.23. The van der Waals surface area contributed by atoms with Gasteiger partial charge in [0.15, 0.2) is 0 Å². The number of benzene rings is 1. The zero-order chi connectivity index (χ0) is 13.8. The molecule has 2 rings (SSSR count). The van der Waals surface area contributed by atoms with Gasteiger partial charge in [-0.15, -0.1) is 0 Å². The highest BCUT2D eigenvalue weighted by Crippen LogP contribution is 2.23. The van der Waals surface area contributed by atoms with Gasteiger partial charge in [0.2, 0.25) is 0 Å². The van der Waals surface area contributed by atoms with Crippen molar-refractivity contribution in [1.29, 1.82) is 0 Å². The fourth-order valence-corrected chi connectivity index (χ4v) is 2.78. The molecule has 1 aliphatic rings. The molecular weight excluding hydrogens is 283 g/mol. The van der Waals surface area contributed by atoms with Crippen molar-refractivity contribution in [1.82, 2.24) is 10.2 Å².